The lowest BCUT2D eigenvalue weighted by atomic mass is 10.0. The normalized spacial score (nSPS) is 23.4. The maximum Gasteiger partial charge on any atom is 0.254 e. The molecular formula is C34H41N7O9S. The molecule has 17 heteroatoms. The zero-order chi connectivity index (χ0) is 36.6. The lowest BCUT2D eigenvalue weighted by Gasteiger charge is -2.40. The van der Waals surface area contributed by atoms with Gasteiger partial charge >= 0.3 is 0 Å². The molecule has 3 aliphatic heterocycles. The van der Waals surface area contributed by atoms with Crippen LogP contribution in [0.3, 0.4) is 0 Å². The summed E-state index contributed by atoms with van der Waals surface area (Å²) in [4.78, 5) is 34.4. The first kappa shape index (κ1) is 36.3. The highest BCUT2D eigenvalue weighted by Crippen LogP contribution is 2.37. The fraction of sp³-hybridized carbons (Fsp3) is 0.441. The number of aliphatic hydroxyl groups excluding tert-OH is 4. The number of nitrogens with one attached hydrogen (secondary N) is 2. The second kappa shape index (κ2) is 14.6. The number of benzene rings is 2. The van der Waals surface area contributed by atoms with Crippen LogP contribution in [0, 0.1) is 11.8 Å². The van der Waals surface area contributed by atoms with Crippen LogP contribution in [0.5, 0.6) is 5.75 Å². The highest BCUT2D eigenvalue weighted by Gasteiger charge is 2.41. The van der Waals surface area contributed by atoms with E-state index in [9.17, 15) is 38.4 Å². The standard InChI is InChI=1S/C34H41N7O9S/c1-38-28-29(37-33(38)51(3,48)49)40(34(47)39(2)32(28)46)16-6-9-20-8-4-10-21(18-20)50-17-7-13-26(42)35-24-12-5-11-22-23(24)19-41(31(22)45)25-14-15-27(43)36-30(25)44/h4-5,8,10-12,18,25,27,30,32,34,36,43-44,46-47H,7,13-17,19H2,1-3H3,(H,35,42). The molecule has 1 aromatic heterocycles. The van der Waals surface area contributed by atoms with E-state index in [0.717, 1.165) is 6.26 Å². The molecule has 5 unspecified atom stereocenters. The van der Waals surface area contributed by atoms with Crippen LogP contribution in [0.1, 0.15) is 59.1 Å². The van der Waals surface area contributed by atoms with Gasteiger partial charge in [-0.05, 0) is 56.6 Å². The number of aromatic nitrogens is 2. The molecule has 5 atom stereocenters. The Balaban J connectivity index is 1.02. The summed E-state index contributed by atoms with van der Waals surface area (Å²) in [6.07, 6.45) is -2.01. The first-order chi connectivity index (χ1) is 24.2. The number of aliphatic hydroxyl groups is 4. The van der Waals surface area contributed by atoms with Crippen LogP contribution in [-0.4, -0.2) is 111 Å². The van der Waals surface area contributed by atoms with Crippen molar-refractivity contribution in [1.82, 2.24) is 24.7 Å². The summed E-state index contributed by atoms with van der Waals surface area (Å²) >= 11 is 0. The number of rotatable bonds is 9. The van der Waals surface area contributed by atoms with E-state index in [1.165, 1.54) is 28.5 Å². The second-order valence-electron chi connectivity index (χ2n) is 12.8. The van der Waals surface area contributed by atoms with Crippen LogP contribution >= 0.6 is 0 Å². The van der Waals surface area contributed by atoms with Crippen molar-refractivity contribution in [3.05, 3.63) is 64.8 Å². The number of sulfone groups is 1. The molecule has 2 aromatic carbocycles. The van der Waals surface area contributed by atoms with Gasteiger partial charge in [0.05, 0.1) is 19.2 Å². The SMILES string of the molecule is CN1C(O)c2c(nc(S(C)(=O)=O)n2C)N(CC#Cc2cccc(OCCCC(=O)Nc3cccc4c3CN(C3CCC(O)NC3O)C4=O)c2)C1O. The molecule has 272 valence electrons. The number of amides is 2. The maximum atomic E-state index is 13.1. The van der Waals surface area contributed by atoms with Crippen molar-refractivity contribution in [2.24, 2.45) is 7.05 Å². The first-order valence-corrected chi connectivity index (χ1v) is 18.3. The molecule has 6 rings (SSSR count). The van der Waals surface area contributed by atoms with Crippen molar-refractivity contribution < 1.29 is 43.2 Å². The van der Waals surface area contributed by atoms with Crippen LogP contribution in [0.2, 0.25) is 0 Å². The number of ether oxygens (including phenoxy) is 1. The van der Waals surface area contributed by atoms with Gasteiger partial charge in [-0.25, -0.2) is 18.3 Å². The van der Waals surface area contributed by atoms with E-state index in [1.807, 2.05) is 0 Å². The van der Waals surface area contributed by atoms with Gasteiger partial charge in [0, 0.05) is 48.6 Å². The fourth-order valence-corrected chi connectivity index (χ4v) is 7.43. The third-order valence-corrected chi connectivity index (χ3v) is 10.3. The van der Waals surface area contributed by atoms with E-state index >= 15 is 0 Å². The minimum absolute atomic E-state index is 0.0215. The number of carbonyl (C=O) groups is 2. The molecule has 0 saturated carbocycles. The van der Waals surface area contributed by atoms with Crippen LogP contribution in [0.25, 0.3) is 0 Å². The second-order valence-corrected chi connectivity index (χ2v) is 14.7. The van der Waals surface area contributed by atoms with Crippen molar-refractivity contribution in [3.8, 4) is 17.6 Å². The summed E-state index contributed by atoms with van der Waals surface area (Å²) < 4.78 is 31.7. The molecule has 0 spiro atoms. The number of hydrogen-bond acceptors (Lipinski definition) is 13. The fourth-order valence-electron chi connectivity index (χ4n) is 6.58. The number of piperidine rings is 1. The van der Waals surface area contributed by atoms with Crippen LogP contribution < -0.4 is 20.3 Å². The Morgan fingerprint density at radius 2 is 1.88 bits per heavy atom. The number of anilines is 2. The molecule has 51 heavy (non-hydrogen) atoms. The summed E-state index contributed by atoms with van der Waals surface area (Å²) in [6, 6.07) is 11.7. The Labute approximate surface area is 295 Å². The molecule has 0 radical (unpaired) electrons. The third-order valence-electron chi connectivity index (χ3n) is 9.22. The monoisotopic (exact) mass is 723 g/mol. The summed E-state index contributed by atoms with van der Waals surface area (Å²) in [5.41, 5.74) is 2.53. The summed E-state index contributed by atoms with van der Waals surface area (Å²) in [6.45, 7) is 0.466. The van der Waals surface area contributed by atoms with Gasteiger partial charge in [-0.2, -0.15) is 0 Å². The maximum absolute atomic E-state index is 13.1. The number of imidazole rings is 1. The van der Waals surface area contributed by atoms with Crippen molar-refractivity contribution in [3.63, 3.8) is 0 Å². The van der Waals surface area contributed by atoms with Gasteiger partial charge in [-0.3, -0.25) is 14.9 Å². The van der Waals surface area contributed by atoms with E-state index in [1.54, 1.807) is 47.4 Å². The first-order valence-electron chi connectivity index (χ1n) is 16.4. The molecule has 4 heterocycles. The highest BCUT2D eigenvalue weighted by molar-refractivity contribution is 7.90. The van der Waals surface area contributed by atoms with Crippen LogP contribution in [-0.2, 0) is 28.2 Å². The van der Waals surface area contributed by atoms with Crippen molar-refractivity contribution in [1.29, 1.82) is 0 Å². The van der Waals surface area contributed by atoms with E-state index < -0.39 is 40.9 Å². The average Bonchev–Trinajstić information content (AvgIpc) is 3.61. The molecule has 3 aliphatic rings. The summed E-state index contributed by atoms with van der Waals surface area (Å²) in [5, 5.41) is 47.0. The van der Waals surface area contributed by atoms with E-state index in [2.05, 4.69) is 27.5 Å². The van der Waals surface area contributed by atoms with Gasteiger partial charge in [-0.1, -0.05) is 24.0 Å². The van der Waals surface area contributed by atoms with Gasteiger partial charge in [0.1, 0.15) is 23.9 Å². The Morgan fingerprint density at radius 3 is 2.63 bits per heavy atom. The van der Waals surface area contributed by atoms with Crippen LogP contribution in [0.4, 0.5) is 11.5 Å². The topological polar surface area (TPSA) is 210 Å². The number of nitrogens with zero attached hydrogens (tertiary/aromatic N) is 5. The number of fused-ring (bicyclic) bond motifs is 2. The lowest BCUT2D eigenvalue weighted by Crippen LogP contribution is -2.56. The Morgan fingerprint density at radius 1 is 1.12 bits per heavy atom. The van der Waals surface area contributed by atoms with Crippen molar-refractivity contribution >= 4 is 33.2 Å². The quantitative estimate of drug-likeness (QED) is 0.127. The molecule has 1 saturated heterocycles. The molecule has 0 aliphatic carbocycles. The molecular weight excluding hydrogens is 682 g/mol. The largest absolute Gasteiger partial charge is 0.494 e. The zero-order valence-electron chi connectivity index (χ0n) is 28.4. The van der Waals surface area contributed by atoms with E-state index in [4.69, 9.17) is 4.74 Å². The molecule has 1 fully saturated rings. The van der Waals surface area contributed by atoms with Gasteiger partial charge in [-0.15, -0.1) is 0 Å². The predicted molar refractivity (Wildman–Crippen MR) is 184 cm³/mol. The summed E-state index contributed by atoms with van der Waals surface area (Å²) in [5.74, 6) is 6.18. The zero-order valence-corrected chi connectivity index (χ0v) is 29.2. The lowest BCUT2D eigenvalue weighted by molar-refractivity contribution is -0.116. The van der Waals surface area contributed by atoms with Crippen LogP contribution in [0.15, 0.2) is 47.6 Å². The minimum atomic E-state index is -3.70. The summed E-state index contributed by atoms with van der Waals surface area (Å²) in [7, 11) is -0.722. The Bertz CT molecular complexity index is 1990. The highest BCUT2D eigenvalue weighted by atomic mass is 32.2. The number of carbonyl (C=O) groups excluding carboxylic acids is 2. The molecule has 3 aromatic rings. The minimum Gasteiger partial charge on any atom is -0.494 e. The van der Waals surface area contributed by atoms with E-state index in [0.29, 0.717) is 47.4 Å². The Kier molecular flexibility index (Phi) is 10.4. The smallest absolute Gasteiger partial charge is 0.254 e. The van der Waals surface area contributed by atoms with Gasteiger partial charge in [0.25, 0.3) is 5.91 Å². The number of hydrogen-bond donors (Lipinski definition) is 6. The molecule has 0 bridgehead atoms. The third kappa shape index (κ3) is 7.44. The predicted octanol–water partition coefficient (Wildman–Crippen LogP) is 0.0362. The van der Waals surface area contributed by atoms with Crippen molar-refractivity contribution in [2.45, 2.75) is 68.5 Å². The van der Waals surface area contributed by atoms with Gasteiger partial charge in [0.15, 0.2) is 18.4 Å². The van der Waals surface area contributed by atoms with Crippen molar-refractivity contribution in [2.75, 3.05) is 36.7 Å². The molecule has 16 nitrogen and oxygen atoms in total. The molecule has 2 amide bonds. The van der Waals surface area contributed by atoms with Gasteiger partial charge < -0.3 is 44.8 Å². The Hall–Kier alpha value is -4.54. The molecule has 6 N–H and O–H groups in total. The van der Waals surface area contributed by atoms with Gasteiger partial charge in [0.2, 0.25) is 20.9 Å². The average molecular weight is 724 g/mol. The van der Waals surface area contributed by atoms with E-state index in [-0.39, 0.29) is 54.6 Å².